The van der Waals surface area contributed by atoms with E-state index in [1.807, 2.05) is 0 Å². The van der Waals surface area contributed by atoms with Crippen LogP contribution in [0, 0.1) is 16.0 Å². The molecule has 37 heavy (non-hydrogen) atoms. The number of nitrogens with zero attached hydrogens (tertiary/aromatic N) is 4. The molecule has 0 bridgehead atoms. The van der Waals surface area contributed by atoms with Crippen LogP contribution in [-0.2, 0) is 19.6 Å². The minimum absolute atomic E-state index is 0.0290. The number of nitro groups is 1. The summed E-state index contributed by atoms with van der Waals surface area (Å²) in [6.45, 7) is 2.56. The third kappa shape index (κ3) is 6.37. The molecule has 1 aliphatic rings. The molecule has 13 heteroatoms. The Kier molecular flexibility index (Phi) is 8.26. The molecule has 0 aliphatic carbocycles. The van der Waals surface area contributed by atoms with Crippen molar-refractivity contribution >= 4 is 44.4 Å². The SMILES string of the molecule is CCOC(=O)C1CCN(S(=O)(=O)c2cccc(-c3csc(N/N=C\c4cccc([N+](=O)[O-])c4)n3)c2)CC1. The fraction of sp³-hybridized carbons (Fsp3) is 0.292. The van der Waals surface area contributed by atoms with E-state index in [9.17, 15) is 23.3 Å². The highest BCUT2D eigenvalue weighted by Crippen LogP contribution is 2.29. The van der Waals surface area contributed by atoms with Gasteiger partial charge >= 0.3 is 5.97 Å². The molecule has 1 N–H and O–H groups in total. The summed E-state index contributed by atoms with van der Waals surface area (Å²) in [5.41, 5.74) is 4.54. The van der Waals surface area contributed by atoms with E-state index in [2.05, 4.69) is 15.5 Å². The summed E-state index contributed by atoms with van der Waals surface area (Å²) in [4.78, 5) is 27.0. The molecule has 3 aromatic rings. The smallest absolute Gasteiger partial charge is 0.309 e. The Morgan fingerprint density at radius 1 is 1.27 bits per heavy atom. The van der Waals surface area contributed by atoms with Crippen LogP contribution in [0.25, 0.3) is 11.3 Å². The molecule has 0 unspecified atom stereocenters. The first kappa shape index (κ1) is 26.4. The molecule has 194 valence electrons. The number of nitrogens with one attached hydrogen (secondary N) is 1. The van der Waals surface area contributed by atoms with Crippen molar-refractivity contribution in [3.8, 4) is 11.3 Å². The molecule has 1 aromatic heterocycles. The van der Waals surface area contributed by atoms with Crippen LogP contribution < -0.4 is 5.43 Å². The summed E-state index contributed by atoms with van der Waals surface area (Å²) in [5, 5.41) is 17.2. The van der Waals surface area contributed by atoms with E-state index < -0.39 is 14.9 Å². The number of thiazole rings is 1. The second kappa shape index (κ2) is 11.6. The van der Waals surface area contributed by atoms with Gasteiger partial charge in [-0.25, -0.2) is 13.4 Å². The van der Waals surface area contributed by atoms with Gasteiger partial charge in [-0.3, -0.25) is 20.3 Å². The Morgan fingerprint density at radius 2 is 2.03 bits per heavy atom. The van der Waals surface area contributed by atoms with Crippen LogP contribution in [0.4, 0.5) is 10.8 Å². The number of aromatic nitrogens is 1. The molecule has 11 nitrogen and oxygen atoms in total. The zero-order valence-corrected chi connectivity index (χ0v) is 21.6. The van der Waals surface area contributed by atoms with Gasteiger partial charge < -0.3 is 4.74 Å². The summed E-state index contributed by atoms with van der Waals surface area (Å²) >= 11 is 1.29. The number of piperidine rings is 1. The maximum atomic E-state index is 13.2. The number of carbonyl (C=O) groups is 1. The average molecular weight is 544 g/mol. The third-order valence-corrected chi connectivity index (χ3v) is 8.44. The summed E-state index contributed by atoms with van der Waals surface area (Å²) in [6, 6.07) is 12.6. The molecule has 0 saturated carbocycles. The minimum Gasteiger partial charge on any atom is -0.466 e. The molecule has 4 rings (SSSR count). The van der Waals surface area contributed by atoms with Gasteiger partial charge in [0.2, 0.25) is 15.2 Å². The lowest BCUT2D eigenvalue weighted by molar-refractivity contribution is -0.384. The Balaban J connectivity index is 1.42. The number of rotatable bonds is 9. The predicted molar refractivity (Wildman–Crippen MR) is 140 cm³/mol. The van der Waals surface area contributed by atoms with Crippen LogP contribution in [0.3, 0.4) is 0 Å². The number of nitro benzene ring substituents is 1. The van der Waals surface area contributed by atoms with E-state index in [0.29, 0.717) is 41.4 Å². The van der Waals surface area contributed by atoms with Crippen LogP contribution >= 0.6 is 11.3 Å². The Bertz CT molecular complexity index is 1410. The highest BCUT2D eigenvalue weighted by Gasteiger charge is 2.32. The minimum atomic E-state index is -3.73. The van der Waals surface area contributed by atoms with Gasteiger partial charge in [-0.1, -0.05) is 24.3 Å². The number of hydrazone groups is 1. The molecule has 0 spiro atoms. The zero-order chi connectivity index (χ0) is 26.4. The van der Waals surface area contributed by atoms with Crippen molar-refractivity contribution < 1.29 is 22.9 Å². The first-order chi connectivity index (χ1) is 17.8. The summed E-state index contributed by atoms with van der Waals surface area (Å²) < 4.78 is 32.9. The summed E-state index contributed by atoms with van der Waals surface area (Å²) in [5.74, 6) is -0.553. The van der Waals surface area contributed by atoms with E-state index in [1.165, 1.54) is 34.0 Å². The first-order valence-electron chi connectivity index (χ1n) is 11.5. The lowest BCUT2D eigenvalue weighted by Gasteiger charge is -2.30. The van der Waals surface area contributed by atoms with Crippen molar-refractivity contribution in [1.29, 1.82) is 0 Å². The van der Waals surface area contributed by atoms with E-state index in [-0.39, 0.29) is 35.6 Å². The van der Waals surface area contributed by atoms with Crippen LogP contribution in [0.5, 0.6) is 0 Å². The molecule has 1 aliphatic heterocycles. The van der Waals surface area contributed by atoms with Crippen molar-refractivity contribution in [3.05, 3.63) is 69.6 Å². The fourth-order valence-electron chi connectivity index (χ4n) is 3.90. The van der Waals surface area contributed by atoms with Gasteiger partial charge in [0.25, 0.3) is 5.69 Å². The van der Waals surface area contributed by atoms with Crippen LogP contribution in [0.1, 0.15) is 25.3 Å². The van der Waals surface area contributed by atoms with Gasteiger partial charge in [0.15, 0.2) is 0 Å². The summed E-state index contributed by atoms with van der Waals surface area (Å²) in [7, 11) is -3.73. The number of hydrogen-bond acceptors (Lipinski definition) is 10. The largest absolute Gasteiger partial charge is 0.466 e. The van der Waals surface area contributed by atoms with Gasteiger partial charge in [-0.2, -0.15) is 9.41 Å². The predicted octanol–water partition coefficient (Wildman–Crippen LogP) is 4.13. The van der Waals surface area contributed by atoms with Crippen LogP contribution in [-0.4, -0.2) is 54.5 Å². The monoisotopic (exact) mass is 543 g/mol. The number of esters is 1. The first-order valence-corrected chi connectivity index (χ1v) is 13.9. The van der Waals surface area contributed by atoms with Crippen molar-refractivity contribution in [3.63, 3.8) is 0 Å². The van der Waals surface area contributed by atoms with Crippen molar-refractivity contribution in [2.75, 3.05) is 25.1 Å². The number of ether oxygens (including phenoxy) is 1. The summed E-state index contributed by atoms with van der Waals surface area (Å²) in [6.07, 6.45) is 2.30. The number of carbonyl (C=O) groups excluding carboxylic acids is 1. The van der Waals surface area contributed by atoms with E-state index in [1.54, 1.807) is 48.7 Å². The quantitative estimate of drug-likeness (QED) is 0.184. The topological polar surface area (TPSA) is 144 Å². The number of anilines is 1. The lowest BCUT2D eigenvalue weighted by Crippen LogP contribution is -2.40. The molecular weight excluding hydrogens is 518 g/mol. The van der Waals surface area contributed by atoms with Gasteiger partial charge in [0.05, 0.1) is 34.3 Å². The van der Waals surface area contributed by atoms with Gasteiger partial charge in [0.1, 0.15) is 0 Å². The van der Waals surface area contributed by atoms with Crippen molar-refractivity contribution in [1.82, 2.24) is 9.29 Å². The normalized spacial score (nSPS) is 15.1. The molecule has 1 fully saturated rings. The Labute approximate surface area is 218 Å². The highest BCUT2D eigenvalue weighted by molar-refractivity contribution is 7.89. The second-order valence-electron chi connectivity index (χ2n) is 8.22. The number of benzene rings is 2. The van der Waals surface area contributed by atoms with E-state index in [4.69, 9.17) is 4.74 Å². The Hall–Kier alpha value is -3.68. The van der Waals surface area contributed by atoms with Crippen molar-refractivity contribution in [2.24, 2.45) is 11.0 Å². The molecule has 2 heterocycles. The van der Waals surface area contributed by atoms with Crippen LogP contribution in [0.2, 0.25) is 0 Å². The van der Waals surface area contributed by atoms with Gasteiger partial charge in [-0.05, 0) is 31.9 Å². The lowest BCUT2D eigenvalue weighted by atomic mass is 9.98. The van der Waals surface area contributed by atoms with Crippen molar-refractivity contribution in [2.45, 2.75) is 24.7 Å². The van der Waals surface area contributed by atoms with E-state index in [0.717, 1.165) is 0 Å². The molecule has 1 saturated heterocycles. The molecule has 2 aromatic carbocycles. The standard InChI is InChI=1S/C24H25N5O6S2/c1-2-35-23(30)18-9-11-28(12-10-18)37(33,34)21-8-4-6-19(14-21)22-16-36-24(26-22)27-25-15-17-5-3-7-20(13-17)29(31)32/h3-8,13-16,18H,2,9-12H2,1H3,(H,26,27)/b25-15-. The zero-order valence-electron chi connectivity index (χ0n) is 19.9. The Morgan fingerprint density at radius 3 is 2.76 bits per heavy atom. The number of sulfonamides is 1. The number of hydrogen-bond donors (Lipinski definition) is 1. The van der Waals surface area contributed by atoms with E-state index >= 15 is 0 Å². The maximum Gasteiger partial charge on any atom is 0.309 e. The molecule has 0 amide bonds. The average Bonchev–Trinajstić information content (AvgIpc) is 3.38. The third-order valence-electron chi connectivity index (χ3n) is 5.80. The molecular formula is C24H25N5O6S2. The van der Waals surface area contributed by atoms with Gasteiger partial charge in [-0.15, -0.1) is 11.3 Å². The van der Waals surface area contributed by atoms with Crippen LogP contribution in [0.15, 0.2) is 63.9 Å². The second-order valence-corrected chi connectivity index (χ2v) is 11.0. The maximum absolute atomic E-state index is 13.2. The highest BCUT2D eigenvalue weighted by atomic mass is 32.2. The van der Waals surface area contributed by atoms with Gasteiger partial charge in [0, 0.05) is 41.7 Å². The number of non-ortho nitro benzene ring substituents is 1. The molecule has 0 atom stereocenters. The molecule has 0 radical (unpaired) electrons. The fourth-order valence-corrected chi connectivity index (χ4v) is 6.08.